The predicted molar refractivity (Wildman–Crippen MR) is 275 cm³/mol. The molecule has 0 spiro atoms. The zero-order valence-electron chi connectivity index (χ0n) is 34.2. The molecule has 10 aromatic rings. The first-order valence-electron chi connectivity index (χ1n) is 20.1. The van der Waals surface area contributed by atoms with Crippen molar-refractivity contribution in [2.24, 2.45) is 0 Å². The van der Waals surface area contributed by atoms with Gasteiger partial charge < -0.3 is 4.57 Å². The summed E-state index contributed by atoms with van der Waals surface area (Å²) in [5.41, 5.74) is 10.8. The van der Waals surface area contributed by atoms with Crippen molar-refractivity contribution in [2.75, 3.05) is 0 Å². The van der Waals surface area contributed by atoms with Crippen molar-refractivity contribution >= 4 is 186 Å². The molecule has 1 aliphatic rings. The van der Waals surface area contributed by atoms with Crippen molar-refractivity contribution in [1.29, 1.82) is 0 Å². The first-order valence-corrected chi connectivity index (χ1v) is 20.9. The SMILES string of the molecule is [B]c1c([B])c([B])c2c(sc3c2c([B])c([B])c2c4c([B])c([B])c([B])c([B])c4n(-c4cccc(-c5nc(-c6ccccc6)nc(-c6ccc7c(c6)C(C)(C)c6ccccc6-7)n5)c4)c32)c1[B]. The van der Waals surface area contributed by atoms with Gasteiger partial charge in [0, 0.05) is 43.4 Å². The Kier molecular flexibility index (Phi) is 8.96. The highest BCUT2D eigenvalue weighted by Crippen LogP contribution is 2.49. The monoisotopic (exact) mass is 796 g/mol. The Bertz CT molecular complexity index is 3670. The Hall–Kier alpha value is -5.78. The molecule has 20 radical (unpaired) electrons. The van der Waals surface area contributed by atoms with Gasteiger partial charge in [0.15, 0.2) is 17.5 Å². The van der Waals surface area contributed by atoms with Gasteiger partial charge in [-0.15, -0.1) is 33.2 Å². The van der Waals surface area contributed by atoms with Crippen LogP contribution in [0.25, 0.3) is 93.0 Å². The molecule has 63 heavy (non-hydrogen) atoms. The lowest BCUT2D eigenvalue weighted by molar-refractivity contribution is 0.660. The number of hydrogen-bond acceptors (Lipinski definition) is 4. The highest BCUT2D eigenvalue weighted by molar-refractivity contribution is 7.28. The van der Waals surface area contributed by atoms with Crippen LogP contribution in [0.4, 0.5) is 0 Å². The summed E-state index contributed by atoms with van der Waals surface area (Å²) in [6.07, 6.45) is 0. The van der Waals surface area contributed by atoms with Crippen molar-refractivity contribution in [1.82, 2.24) is 19.5 Å². The smallest absolute Gasteiger partial charge is 0.164 e. The van der Waals surface area contributed by atoms with Gasteiger partial charge in [0.25, 0.3) is 0 Å². The van der Waals surface area contributed by atoms with E-state index >= 15 is 0 Å². The van der Waals surface area contributed by atoms with E-state index in [0.29, 0.717) is 70.7 Å². The standard InChI is InChI=1S/C48H22B10N4S/c1-48(2)25-14-7-6-13-23(25)24-16-15-21(18-26(24)48)47-60-45(19-9-4-3-5-10-19)59-46(61-47)20-11-8-12-22(17-20)62-41-27(32(50)35(53)37(55)39(41)57)28-31(49)33(51)30-29-34(52)36(54)38(56)40(58)43(29)63-44(30)42(28)62/h3-18H,1-2H3. The molecule has 270 valence electrons. The molecule has 0 saturated carbocycles. The molecule has 4 nitrogen and oxygen atoms in total. The number of hydrogen-bond donors (Lipinski definition) is 0. The van der Waals surface area contributed by atoms with E-state index in [1.165, 1.54) is 33.6 Å². The van der Waals surface area contributed by atoms with Gasteiger partial charge in [0.1, 0.15) is 78.5 Å². The summed E-state index contributed by atoms with van der Waals surface area (Å²) in [6.45, 7) is 4.50. The van der Waals surface area contributed by atoms with Crippen LogP contribution < -0.4 is 54.6 Å². The summed E-state index contributed by atoms with van der Waals surface area (Å²) < 4.78 is 3.24. The second-order valence-corrected chi connectivity index (χ2v) is 17.6. The second kappa shape index (κ2) is 14.1. The van der Waals surface area contributed by atoms with Gasteiger partial charge in [0.05, 0.1) is 10.2 Å². The van der Waals surface area contributed by atoms with Gasteiger partial charge >= 0.3 is 0 Å². The molecule has 1 aliphatic carbocycles. The van der Waals surface area contributed by atoms with E-state index in [9.17, 15) is 0 Å². The topological polar surface area (TPSA) is 43.6 Å². The van der Waals surface area contributed by atoms with Crippen LogP contribution in [0.1, 0.15) is 25.0 Å². The van der Waals surface area contributed by atoms with Gasteiger partial charge in [-0.05, 0) is 56.6 Å². The highest BCUT2D eigenvalue weighted by atomic mass is 32.1. The highest BCUT2D eigenvalue weighted by Gasteiger charge is 2.35. The first-order chi connectivity index (χ1) is 30.2. The molecule has 3 aromatic heterocycles. The van der Waals surface area contributed by atoms with Gasteiger partial charge in [-0.1, -0.05) is 125 Å². The maximum absolute atomic E-state index is 7.04. The van der Waals surface area contributed by atoms with E-state index in [1.807, 2.05) is 59.2 Å². The Labute approximate surface area is 382 Å². The van der Waals surface area contributed by atoms with Crippen molar-refractivity contribution < 1.29 is 0 Å². The Morgan fingerprint density at radius 1 is 0.413 bits per heavy atom. The Balaban J connectivity index is 1.20. The fourth-order valence-corrected chi connectivity index (χ4v) is 10.8. The largest absolute Gasteiger partial charge is 0.308 e. The molecule has 7 aromatic carbocycles. The summed E-state index contributed by atoms with van der Waals surface area (Å²) in [5, 5.41) is 2.11. The molecule has 15 heteroatoms. The third-order valence-corrected chi connectivity index (χ3v) is 14.0. The zero-order chi connectivity index (χ0) is 44.0. The third kappa shape index (κ3) is 5.57. The van der Waals surface area contributed by atoms with Crippen LogP contribution in [0.3, 0.4) is 0 Å². The maximum Gasteiger partial charge on any atom is 0.164 e. The fraction of sp³-hybridized carbons (Fsp3) is 0.0625. The number of benzene rings is 7. The lowest BCUT2D eigenvalue weighted by atomic mass is 9.64. The molecule has 3 heterocycles. The van der Waals surface area contributed by atoms with Crippen LogP contribution in [0.15, 0.2) is 97.1 Å². The second-order valence-electron chi connectivity index (χ2n) is 16.6. The van der Waals surface area contributed by atoms with Gasteiger partial charge in [0.2, 0.25) is 0 Å². The van der Waals surface area contributed by atoms with Crippen LogP contribution in [0.5, 0.6) is 0 Å². The van der Waals surface area contributed by atoms with Gasteiger partial charge in [-0.3, -0.25) is 0 Å². The molecule has 0 bridgehead atoms. The summed E-state index contributed by atoms with van der Waals surface area (Å²) >= 11 is 1.35. The predicted octanol–water partition coefficient (Wildman–Crippen LogP) is 0.582. The van der Waals surface area contributed by atoms with Gasteiger partial charge in [-0.25, -0.2) is 15.0 Å². The van der Waals surface area contributed by atoms with Crippen molar-refractivity contribution in [2.45, 2.75) is 19.3 Å². The lowest BCUT2D eigenvalue weighted by Crippen LogP contribution is -2.48. The maximum atomic E-state index is 7.04. The number of aromatic nitrogens is 4. The molecular weight excluding hydrogens is 773 g/mol. The first kappa shape index (κ1) is 40.0. The molecule has 0 N–H and O–H groups in total. The minimum absolute atomic E-state index is 0.126. The van der Waals surface area contributed by atoms with E-state index in [-0.39, 0.29) is 60.0 Å². The molecule has 0 unspecified atom stereocenters. The average Bonchev–Trinajstić information content (AvgIpc) is 3.95. The number of fused-ring (bicyclic) bond motifs is 10. The van der Waals surface area contributed by atoms with Crippen LogP contribution in [0.2, 0.25) is 0 Å². The fourth-order valence-electron chi connectivity index (χ4n) is 9.47. The summed E-state index contributed by atoms with van der Waals surface area (Å²) in [5.74, 6) is 1.49. The normalized spacial score (nSPS) is 13.0. The molecule has 0 atom stereocenters. The van der Waals surface area contributed by atoms with Crippen LogP contribution >= 0.6 is 11.3 Å². The van der Waals surface area contributed by atoms with Crippen LogP contribution in [0, 0.1) is 0 Å². The minimum Gasteiger partial charge on any atom is -0.308 e. The van der Waals surface area contributed by atoms with E-state index in [4.69, 9.17) is 93.4 Å². The van der Waals surface area contributed by atoms with E-state index < -0.39 is 0 Å². The molecule has 0 amide bonds. The van der Waals surface area contributed by atoms with Crippen LogP contribution in [-0.4, -0.2) is 98.0 Å². The summed E-state index contributed by atoms with van der Waals surface area (Å²) in [4.78, 5) is 15.3. The zero-order valence-corrected chi connectivity index (χ0v) is 35.0. The molecular formula is C48H22B10N4S. The van der Waals surface area contributed by atoms with Crippen molar-refractivity contribution in [3.05, 3.63) is 108 Å². The molecule has 0 aliphatic heterocycles. The van der Waals surface area contributed by atoms with E-state index in [0.717, 1.165) is 11.1 Å². The molecule has 0 saturated heterocycles. The average molecular weight is 795 g/mol. The van der Waals surface area contributed by atoms with Crippen molar-refractivity contribution in [3.8, 4) is 51.0 Å². The quantitative estimate of drug-likeness (QED) is 0.246. The number of thiophene rings is 1. The molecule has 11 rings (SSSR count). The Morgan fingerprint density at radius 2 is 0.921 bits per heavy atom. The number of rotatable bonds is 4. The summed E-state index contributed by atoms with van der Waals surface area (Å²) in [6, 6.07) is 32.6. The van der Waals surface area contributed by atoms with Gasteiger partial charge in [-0.2, -0.15) is 0 Å². The van der Waals surface area contributed by atoms with Crippen molar-refractivity contribution in [3.63, 3.8) is 0 Å². The minimum atomic E-state index is -0.222. The molecule has 0 fully saturated rings. The lowest BCUT2D eigenvalue weighted by Gasteiger charge is -2.21. The van der Waals surface area contributed by atoms with Crippen LogP contribution in [-0.2, 0) is 5.41 Å². The third-order valence-electron chi connectivity index (χ3n) is 12.8. The van der Waals surface area contributed by atoms with E-state index in [1.54, 1.807) is 0 Å². The van der Waals surface area contributed by atoms with E-state index in [2.05, 4.69) is 56.3 Å². The summed E-state index contributed by atoms with van der Waals surface area (Å²) in [7, 11) is 66.9. The Morgan fingerprint density at radius 3 is 1.63 bits per heavy atom. The number of nitrogens with zero attached hydrogens (tertiary/aromatic N) is 4.